The number of halogens is 2. The molecule has 4 nitrogen and oxygen atoms in total. The topological polar surface area (TPSA) is 47.6 Å². The first-order valence-electron chi connectivity index (χ1n) is 5.49. The average molecular weight is 237 g/mol. The van der Waals surface area contributed by atoms with Crippen LogP contribution in [0.1, 0.15) is 32.1 Å². The number of hydrogen-bond donors (Lipinski definition) is 1. The fourth-order valence-electron chi connectivity index (χ4n) is 1.56. The van der Waals surface area contributed by atoms with Gasteiger partial charge in [0.15, 0.2) is 0 Å². The highest BCUT2D eigenvalue weighted by atomic mass is 19.3. The fraction of sp³-hybridized carbons (Fsp3) is 0.900. The van der Waals surface area contributed by atoms with Crippen LogP contribution in [0, 0.1) is 0 Å². The third-order valence-corrected chi connectivity index (χ3v) is 2.36. The molecule has 0 aliphatic carbocycles. The van der Waals surface area contributed by atoms with Crippen LogP contribution in [0.25, 0.3) is 0 Å². The van der Waals surface area contributed by atoms with Crippen molar-refractivity contribution >= 4 is 5.91 Å². The van der Waals surface area contributed by atoms with Gasteiger partial charge < -0.3 is 4.74 Å². The smallest absolute Gasteiger partial charge is 0.264 e. The van der Waals surface area contributed by atoms with E-state index in [1.54, 1.807) is 0 Å². The van der Waals surface area contributed by atoms with Crippen LogP contribution in [0.5, 0.6) is 0 Å². The van der Waals surface area contributed by atoms with Crippen LogP contribution >= 0.6 is 0 Å². The minimum absolute atomic E-state index is 0.120. The van der Waals surface area contributed by atoms with Crippen molar-refractivity contribution in [2.45, 2.75) is 44.6 Å². The Labute approximate surface area is 93.2 Å². The second kappa shape index (κ2) is 7.51. The molecular formula is C10H17F2NO3. The van der Waals surface area contributed by atoms with Gasteiger partial charge in [-0.25, -0.2) is 14.3 Å². The molecule has 0 unspecified atom stereocenters. The molecule has 1 rings (SSSR count). The molecule has 94 valence electrons. The van der Waals surface area contributed by atoms with Crippen LogP contribution in [-0.4, -0.2) is 31.7 Å². The Morgan fingerprint density at radius 2 is 2.31 bits per heavy atom. The van der Waals surface area contributed by atoms with Crippen LogP contribution in [0.3, 0.4) is 0 Å². The Morgan fingerprint density at radius 3 is 2.94 bits per heavy atom. The summed E-state index contributed by atoms with van der Waals surface area (Å²) in [7, 11) is 0. The molecule has 1 atom stereocenters. The molecule has 1 fully saturated rings. The maximum Gasteiger partial charge on any atom is 0.264 e. The number of nitrogens with one attached hydrogen (secondary N) is 1. The molecular weight excluding hydrogens is 220 g/mol. The highest BCUT2D eigenvalue weighted by Gasteiger charge is 2.15. The van der Waals surface area contributed by atoms with Gasteiger partial charge in [0.2, 0.25) is 5.91 Å². The molecule has 1 aliphatic heterocycles. The molecule has 6 heteroatoms. The summed E-state index contributed by atoms with van der Waals surface area (Å²) >= 11 is 0. The van der Waals surface area contributed by atoms with E-state index in [2.05, 4.69) is 4.84 Å². The lowest BCUT2D eigenvalue weighted by atomic mass is 10.0. The number of hydrogen-bond acceptors (Lipinski definition) is 3. The average Bonchev–Trinajstić information content (AvgIpc) is 2.27. The van der Waals surface area contributed by atoms with Gasteiger partial charge in [0.25, 0.3) is 6.43 Å². The van der Waals surface area contributed by atoms with Crippen molar-refractivity contribution in [1.82, 2.24) is 5.48 Å². The lowest BCUT2D eigenvalue weighted by molar-refractivity contribution is -0.137. The van der Waals surface area contributed by atoms with Gasteiger partial charge in [0, 0.05) is 13.0 Å². The molecule has 0 spiro atoms. The monoisotopic (exact) mass is 237 g/mol. The number of carbonyl (C=O) groups excluding carboxylic acids is 1. The minimum Gasteiger partial charge on any atom is -0.378 e. The Balaban J connectivity index is 2.00. The van der Waals surface area contributed by atoms with Crippen molar-refractivity contribution in [2.75, 3.05) is 13.2 Å². The molecule has 1 aliphatic rings. The van der Waals surface area contributed by atoms with E-state index in [0.29, 0.717) is 6.42 Å². The summed E-state index contributed by atoms with van der Waals surface area (Å²) in [5.74, 6) is -0.380. The quantitative estimate of drug-likeness (QED) is 0.714. The number of carbonyl (C=O) groups is 1. The van der Waals surface area contributed by atoms with Gasteiger partial charge in [-0.2, -0.15) is 0 Å². The van der Waals surface area contributed by atoms with Gasteiger partial charge in [-0.05, 0) is 25.7 Å². The summed E-state index contributed by atoms with van der Waals surface area (Å²) in [6.07, 6.45) is 1.56. The molecule has 16 heavy (non-hydrogen) atoms. The van der Waals surface area contributed by atoms with Gasteiger partial charge in [0.05, 0.1) is 6.10 Å². The molecule has 0 bridgehead atoms. The lowest BCUT2D eigenvalue weighted by Crippen LogP contribution is -2.28. The van der Waals surface area contributed by atoms with Crippen LogP contribution in [0.15, 0.2) is 0 Å². The van der Waals surface area contributed by atoms with E-state index in [4.69, 9.17) is 4.74 Å². The Morgan fingerprint density at radius 1 is 1.50 bits per heavy atom. The Kier molecular flexibility index (Phi) is 6.25. The second-order valence-electron chi connectivity index (χ2n) is 3.75. The number of ether oxygens (including phenoxy) is 1. The van der Waals surface area contributed by atoms with Gasteiger partial charge in [-0.1, -0.05) is 0 Å². The zero-order chi connectivity index (χ0) is 11.8. The summed E-state index contributed by atoms with van der Waals surface area (Å²) in [5, 5.41) is 0. The van der Waals surface area contributed by atoms with Crippen molar-refractivity contribution in [3.8, 4) is 0 Å². The largest absolute Gasteiger partial charge is 0.378 e. The number of amides is 1. The van der Waals surface area contributed by atoms with E-state index < -0.39 is 13.0 Å². The third kappa shape index (κ3) is 5.97. The van der Waals surface area contributed by atoms with Gasteiger partial charge in [0.1, 0.15) is 6.61 Å². The predicted molar refractivity (Wildman–Crippen MR) is 52.9 cm³/mol. The molecule has 1 N–H and O–H groups in total. The predicted octanol–water partition coefficient (Wildman–Crippen LogP) is 1.65. The SMILES string of the molecule is O=C(CC[C@@H]1CCCCO1)NOCC(F)F. The first kappa shape index (κ1) is 13.3. The Hall–Kier alpha value is -0.750. The van der Waals surface area contributed by atoms with E-state index in [0.717, 1.165) is 25.9 Å². The van der Waals surface area contributed by atoms with Crippen molar-refractivity contribution in [3.05, 3.63) is 0 Å². The molecule has 0 aromatic rings. The van der Waals surface area contributed by atoms with Crippen molar-refractivity contribution < 1.29 is 23.1 Å². The van der Waals surface area contributed by atoms with Gasteiger partial charge >= 0.3 is 0 Å². The second-order valence-corrected chi connectivity index (χ2v) is 3.75. The molecule has 1 heterocycles. The summed E-state index contributed by atoms with van der Waals surface area (Å²) in [4.78, 5) is 15.4. The molecule has 0 aromatic heterocycles. The number of rotatable bonds is 6. The van der Waals surface area contributed by atoms with Crippen molar-refractivity contribution in [1.29, 1.82) is 0 Å². The standard InChI is InChI=1S/C10H17F2NO3/c11-9(12)7-16-13-10(14)5-4-8-3-1-2-6-15-8/h8-9H,1-7H2,(H,13,14)/t8-/m0/s1. The molecule has 1 saturated heterocycles. The molecule has 1 amide bonds. The zero-order valence-corrected chi connectivity index (χ0v) is 9.09. The lowest BCUT2D eigenvalue weighted by Gasteiger charge is -2.22. The minimum atomic E-state index is -2.57. The number of alkyl halides is 2. The highest BCUT2D eigenvalue weighted by molar-refractivity contribution is 5.74. The summed E-state index contributed by atoms with van der Waals surface area (Å²) in [6, 6.07) is 0. The normalized spacial score (nSPS) is 21.1. The molecule has 0 aromatic carbocycles. The van der Waals surface area contributed by atoms with E-state index >= 15 is 0 Å². The summed E-state index contributed by atoms with van der Waals surface area (Å²) in [5.41, 5.74) is 1.98. The summed E-state index contributed by atoms with van der Waals surface area (Å²) < 4.78 is 28.8. The maximum atomic E-state index is 11.7. The van der Waals surface area contributed by atoms with Crippen LogP contribution in [0.2, 0.25) is 0 Å². The van der Waals surface area contributed by atoms with Gasteiger partial charge in [-0.15, -0.1) is 0 Å². The van der Waals surface area contributed by atoms with Crippen LogP contribution in [-0.2, 0) is 14.4 Å². The van der Waals surface area contributed by atoms with E-state index in [9.17, 15) is 13.6 Å². The summed E-state index contributed by atoms with van der Waals surface area (Å²) in [6.45, 7) is -0.0279. The first-order valence-corrected chi connectivity index (χ1v) is 5.49. The van der Waals surface area contributed by atoms with E-state index in [1.165, 1.54) is 0 Å². The van der Waals surface area contributed by atoms with Crippen molar-refractivity contribution in [2.24, 2.45) is 0 Å². The van der Waals surface area contributed by atoms with Gasteiger partial charge in [-0.3, -0.25) is 9.63 Å². The fourth-order valence-corrected chi connectivity index (χ4v) is 1.56. The first-order chi connectivity index (χ1) is 7.68. The number of hydroxylamine groups is 1. The maximum absolute atomic E-state index is 11.7. The van der Waals surface area contributed by atoms with E-state index in [-0.39, 0.29) is 18.4 Å². The highest BCUT2D eigenvalue weighted by Crippen LogP contribution is 2.16. The zero-order valence-electron chi connectivity index (χ0n) is 9.09. The van der Waals surface area contributed by atoms with E-state index in [1.807, 2.05) is 5.48 Å². The van der Waals surface area contributed by atoms with Crippen LogP contribution < -0.4 is 5.48 Å². The molecule has 0 saturated carbocycles. The van der Waals surface area contributed by atoms with Crippen molar-refractivity contribution in [3.63, 3.8) is 0 Å². The third-order valence-electron chi connectivity index (χ3n) is 2.36. The Bertz CT molecular complexity index is 208. The molecule has 0 radical (unpaired) electrons. The van der Waals surface area contributed by atoms with Crippen LogP contribution in [0.4, 0.5) is 8.78 Å².